The summed E-state index contributed by atoms with van der Waals surface area (Å²) in [6.45, 7) is 0. The maximum absolute atomic E-state index is 12.1. The summed E-state index contributed by atoms with van der Waals surface area (Å²) in [5.41, 5.74) is 0. The summed E-state index contributed by atoms with van der Waals surface area (Å²) in [7, 11) is 4.89. The molecule has 0 radical (unpaired) electrons. The zero-order valence-electron chi connectivity index (χ0n) is 12.0. The third-order valence-electron chi connectivity index (χ3n) is 2.59. The van der Waals surface area contributed by atoms with Crippen molar-refractivity contribution in [1.82, 2.24) is 15.0 Å². The van der Waals surface area contributed by atoms with E-state index in [-0.39, 0.29) is 5.95 Å². The van der Waals surface area contributed by atoms with Gasteiger partial charge in [0.05, 0.1) is 0 Å². The summed E-state index contributed by atoms with van der Waals surface area (Å²) >= 11 is 0. The molecule has 1 aromatic carbocycles. The van der Waals surface area contributed by atoms with Gasteiger partial charge < -0.3 is 15.4 Å². The van der Waals surface area contributed by atoms with Crippen LogP contribution in [0.5, 0.6) is 5.75 Å². The molecule has 0 unspecified atom stereocenters. The summed E-state index contributed by atoms with van der Waals surface area (Å²) in [6.07, 6.45) is -0.587. The number of benzene rings is 1. The minimum atomic E-state index is -0.587. The smallest absolute Gasteiger partial charge is 0.410 e. The first-order valence-electron chi connectivity index (χ1n) is 6.26. The highest BCUT2D eigenvalue weighted by Crippen LogP contribution is 2.15. The molecular weight excluding hydrogens is 272 g/mol. The zero-order chi connectivity index (χ0) is 15.2. The molecule has 2 rings (SSSR count). The largest absolute Gasteiger partial charge is 0.421 e. The van der Waals surface area contributed by atoms with Gasteiger partial charge in [-0.15, -0.1) is 0 Å². The fourth-order valence-corrected chi connectivity index (χ4v) is 1.48. The Kier molecular flexibility index (Phi) is 4.50. The molecule has 1 aromatic heterocycles. The molecule has 0 aliphatic rings. The van der Waals surface area contributed by atoms with E-state index in [2.05, 4.69) is 25.6 Å². The van der Waals surface area contributed by atoms with E-state index >= 15 is 0 Å². The van der Waals surface area contributed by atoms with E-state index in [4.69, 9.17) is 4.74 Å². The molecule has 2 N–H and O–H groups in total. The average molecular weight is 288 g/mol. The first-order valence-corrected chi connectivity index (χ1v) is 6.26. The number of hydrogen-bond donors (Lipinski definition) is 2. The van der Waals surface area contributed by atoms with Crippen LogP contribution in [0.4, 0.5) is 22.6 Å². The molecule has 0 aliphatic carbocycles. The van der Waals surface area contributed by atoms with Crippen molar-refractivity contribution in [2.45, 2.75) is 0 Å². The monoisotopic (exact) mass is 288 g/mol. The summed E-state index contributed by atoms with van der Waals surface area (Å²) < 4.78 is 5.22. The highest BCUT2D eigenvalue weighted by atomic mass is 16.6. The molecule has 21 heavy (non-hydrogen) atoms. The molecule has 8 nitrogen and oxygen atoms in total. The Morgan fingerprint density at radius 2 is 1.62 bits per heavy atom. The summed E-state index contributed by atoms with van der Waals surface area (Å²) in [4.78, 5) is 25.6. The summed E-state index contributed by atoms with van der Waals surface area (Å²) in [6, 6.07) is 8.79. The van der Waals surface area contributed by atoms with Crippen molar-refractivity contribution in [2.24, 2.45) is 0 Å². The molecule has 0 saturated heterocycles. The Morgan fingerprint density at radius 1 is 1.05 bits per heavy atom. The lowest BCUT2D eigenvalue weighted by Crippen LogP contribution is -2.31. The lowest BCUT2D eigenvalue weighted by Gasteiger charge is -2.16. The van der Waals surface area contributed by atoms with Gasteiger partial charge in [0.25, 0.3) is 0 Å². The van der Waals surface area contributed by atoms with Gasteiger partial charge in [-0.3, -0.25) is 0 Å². The van der Waals surface area contributed by atoms with E-state index in [1.54, 1.807) is 38.4 Å². The van der Waals surface area contributed by atoms with Gasteiger partial charge in [0.15, 0.2) is 0 Å². The topological polar surface area (TPSA) is 92.3 Å². The molecule has 0 spiro atoms. The van der Waals surface area contributed by atoms with E-state index in [1.165, 1.54) is 11.9 Å². The normalized spacial score (nSPS) is 9.86. The van der Waals surface area contributed by atoms with Crippen molar-refractivity contribution in [3.63, 3.8) is 0 Å². The van der Waals surface area contributed by atoms with Crippen molar-refractivity contribution in [3.8, 4) is 5.75 Å². The van der Waals surface area contributed by atoms with Crippen molar-refractivity contribution in [1.29, 1.82) is 0 Å². The lowest BCUT2D eigenvalue weighted by molar-refractivity contribution is 0.208. The van der Waals surface area contributed by atoms with Gasteiger partial charge in [-0.25, -0.2) is 9.69 Å². The number of para-hydroxylation sites is 1. The van der Waals surface area contributed by atoms with Crippen LogP contribution < -0.4 is 20.3 Å². The van der Waals surface area contributed by atoms with E-state index < -0.39 is 6.09 Å². The molecule has 0 saturated carbocycles. The molecule has 2 aromatic rings. The fourth-order valence-electron chi connectivity index (χ4n) is 1.48. The van der Waals surface area contributed by atoms with Crippen molar-refractivity contribution in [2.75, 3.05) is 36.7 Å². The van der Waals surface area contributed by atoms with Gasteiger partial charge in [-0.2, -0.15) is 15.0 Å². The van der Waals surface area contributed by atoms with Gasteiger partial charge in [0, 0.05) is 21.1 Å². The highest BCUT2D eigenvalue weighted by molar-refractivity contribution is 5.86. The molecule has 1 amide bonds. The van der Waals surface area contributed by atoms with E-state index in [0.717, 1.165) is 0 Å². The highest BCUT2D eigenvalue weighted by Gasteiger charge is 2.18. The molecule has 0 bridgehead atoms. The summed E-state index contributed by atoms with van der Waals surface area (Å²) in [5, 5.41) is 5.61. The molecule has 0 atom stereocenters. The number of aromatic nitrogens is 3. The molecule has 8 heteroatoms. The summed E-state index contributed by atoms with van der Waals surface area (Å²) in [5.74, 6) is 1.33. The van der Waals surface area contributed by atoms with Gasteiger partial charge in [0.2, 0.25) is 17.8 Å². The van der Waals surface area contributed by atoms with Gasteiger partial charge in [-0.1, -0.05) is 18.2 Å². The van der Waals surface area contributed by atoms with Crippen LogP contribution in [0.25, 0.3) is 0 Å². The van der Waals surface area contributed by atoms with Crippen LogP contribution >= 0.6 is 0 Å². The third kappa shape index (κ3) is 3.56. The van der Waals surface area contributed by atoms with Crippen LogP contribution in [0.1, 0.15) is 0 Å². The van der Waals surface area contributed by atoms with Crippen LogP contribution in [0.2, 0.25) is 0 Å². The fraction of sp³-hybridized carbons (Fsp3) is 0.231. The maximum atomic E-state index is 12.1. The minimum Gasteiger partial charge on any atom is -0.410 e. The standard InChI is InChI=1S/C13H16N6O2/c1-14-10-16-11(15-2)18-12(17-10)19(3)13(20)21-9-7-5-4-6-8-9/h4-8H,1-3H3,(H2,14,15,16,17,18). The number of nitrogens with zero attached hydrogens (tertiary/aromatic N) is 4. The molecular formula is C13H16N6O2. The predicted molar refractivity (Wildman–Crippen MR) is 79.8 cm³/mol. The lowest BCUT2D eigenvalue weighted by atomic mass is 10.3. The second-order valence-electron chi connectivity index (χ2n) is 4.02. The number of carbonyl (C=O) groups excluding carboxylic acids is 1. The van der Waals surface area contributed by atoms with Crippen LogP contribution in [-0.2, 0) is 0 Å². The van der Waals surface area contributed by atoms with E-state index in [0.29, 0.717) is 17.6 Å². The maximum Gasteiger partial charge on any atom is 0.421 e. The number of ether oxygens (including phenoxy) is 1. The van der Waals surface area contributed by atoms with Crippen LogP contribution in [0.3, 0.4) is 0 Å². The number of rotatable bonds is 4. The van der Waals surface area contributed by atoms with Crippen molar-refractivity contribution < 1.29 is 9.53 Å². The molecule has 1 heterocycles. The van der Waals surface area contributed by atoms with Gasteiger partial charge in [0.1, 0.15) is 5.75 Å². The zero-order valence-corrected chi connectivity index (χ0v) is 12.0. The average Bonchev–Trinajstić information content (AvgIpc) is 2.54. The van der Waals surface area contributed by atoms with Gasteiger partial charge >= 0.3 is 6.09 Å². The number of carbonyl (C=O) groups is 1. The first kappa shape index (κ1) is 14.5. The Morgan fingerprint density at radius 3 is 2.14 bits per heavy atom. The Hall–Kier alpha value is -2.90. The first-order chi connectivity index (χ1) is 10.1. The predicted octanol–water partition coefficient (Wildman–Crippen LogP) is 1.59. The number of hydrogen-bond acceptors (Lipinski definition) is 7. The second kappa shape index (κ2) is 6.51. The van der Waals surface area contributed by atoms with Crippen molar-refractivity contribution >= 4 is 23.9 Å². The number of amides is 1. The van der Waals surface area contributed by atoms with Crippen LogP contribution in [0.15, 0.2) is 30.3 Å². The second-order valence-corrected chi connectivity index (χ2v) is 4.02. The van der Waals surface area contributed by atoms with Crippen LogP contribution in [0, 0.1) is 0 Å². The van der Waals surface area contributed by atoms with Crippen LogP contribution in [-0.4, -0.2) is 42.2 Å². The van der Waals surface area contributed by atoms with Gasteiger partial charge in [-0.05, 0) is 12.1 Å². The Bertz CT molecular complexity index is 597. The van der Waals surface area contributed by atoms with E-state index in [9.17, 15) is 4.79 Å². The minimum absolute atomic E-state index is 0.180. The molecule has 110 valence electrons. The third-order valence-corrected chi connectivity index (χ3v) is 2.59. The molecule has 0 fully saturated rings. The SMILES string of the molecule is CNc1nc(NC)nc(N(C)C(=O)Oc2ccccc2)n1. The quantitative estimate of drug-likeness (QED) is 0.882. The molecule has 0 aliphatic heterocycles. The van der Waals surface area contributed by atoms with Crippen molar-refractivity contribution in [3.05, 3.63) is 30.3 Å². The Balaban J connectivity index is 2.18. The van der Waals surface area contributed by atoms with E-state index in [1.807, 2.05) is 6.07 Å². The Labute approximate surface area is 122 Å². The number of nitrogens with one attached hydrogen (secondary N) is 2. The number of anilines is 3.